The molecule has 0 fully saturated rings. The molecule has 0 aliphatic rings. The molecule has 0 aromatic carbocycles. The third-order valence-electron chi connectivity index (χ3n) is 8.01. The summed E-state index contributed by atoms with van der Waals surface area (Å²) in [5, 5.41) is 19.9. The van der Waals surface area contributed by atoms with Gasteiger partial charge in [0.25, 0.3) is 0 Å². The molecule has 12 heteroatoms. The molecule has 0 aromatic rings. The van der Waals surface area contributed by atoms with Crippen LogP contribution in [0.5, 0.6) is 0 Å². The lowest BCUT2D eigenvalue weighted by Gasteiger charge is -2.19. The van der Waals surface area contributed by atoms with E-state index in [0.717, 1.165) is 32.1 Å². The second-order valence-corrected chi connectivity index (χ2v) is 15.0. The Bertz CT molecular complexity index is 1410. The van der Waals surface area contributed by atoms with Crippen LogP contribution in [0.1, 0.15) is 117 Å². The molecule has 0 saturated carbocycles. The summed E-state index contributed by atoms with van der Waals surface area (Å²) in [5.41, 5.74) is 5.33. The van der Waals surface area contributed by atoms with Crippen molar-refractivity contribution in [2.75, 3.05) is 26.4 Å². The summed E-state index contributed by atoms with van der Waals surface area (Å²) in [5.74, 6) is -1.08. The van der Waals surface area contributed by atoms with Gasteiger partial charge >= 0.3 is 19.8 Å². The van der Waals surface area contributed by atoms with Crippen LogP contribution in [0.4, 0.5) is 0 Å². The maximum atomic E-state index is 12.6. The maximum Gasteiger partial charge on any atom is 0.472 e. The largest absolute Gasteiger partial charge is 0.472 e. The Hall–Kier alpha value is -3.67. The molecule has 0 aromatic heterocycles. The van der Waals surface area contributed by atoms with Gasteiger partial charge in [-0.3, -0.25) is 18.6 Å². The highest BCUT2D eigenvalue weighted by Gasteiger charge is 2.25. The molecule has 0 radical (unpaired) electrons. The van der Waals surface area contributed by atoms with Crippen LogP contribution in [0.3, 0.4) is 0 Å². The zero-order valence-corrected chi connectivity index (χ0v) is 36.5. The molecule has 5 N–H and O–H groups in total. The number of carbonyl (C=O) groups is 2. The van der Waals surface area contributed by atoms with Crippen LogP contribution in [0.2, 0.25) is 0 Å². The monoisotopic (exact) mass is 844 g/mol. The molecule has 0 rings (SSSR count). The van der Waals surface area contributed by atoms with Crippen molar-refractivity contribution in [3.8, 4) is 0 Å². The Labute approximate surface area is 355 Å². The van der Waals surface area contributed by atoms with Crippen LogP contribution in [0.15, 0.2) is 122 Å². The number of phosphoric ester groups is 1. The van der Waals surface area contributed by atoms with Gasteiger partial charge < -0.3 is 30.3 Å². The molecule has 0 saturated heterocycles. The Kier molecular flexibility index (Phi) is 38.5. The lowest BCUT2D eigenvalue weighted by molar-refractivity contribution is -0.161. The van der Waals surface area contributed by atoms with E-state index in [2.05, 4.69) is 49.5 Å². The van der Waals surface area contributed by atoms with Gasteiger partial charge in [-0.25, -0.2) is 4.57 Å². The van der Waals surface area contributed by atoms with E-state index in [1.54, 1.807) is 36.5 Å². The summed E-state index contributed by atoms with van der Waals surface area (Å²) >= 11 is 0. The van der Waals surface area contributed by atoms with E-state index < -0.39 is 44.7 Å². The van der Waals surface area contributed by atoms with Gasteiger partial charge in [0.1, 0.15) is 6.61 Å². The number of ether oxygens (including phenoxy) is 2. The fourth-order valence-corrected chi connectivity index (χ4v) is 5.59. The van der Waals surface area contributed by atoms with E-state index in [-0.39, 0.29) is 32.6 Å². The number of aliphatic hydroxyl groups excluding tert-OH is 2. The van der Waals surface area contributed by atoms with E-state index in [4.69, 9.17) is 24.3 Å². The SMILES string of the molecule is CC/C=C\C[C@H](O)/C=C/C=C\C=C\[C@H](O)C/C=C\C/C=C\CCC(=O)O[C@H](COC(=O)CCC/C=C\C/C=C\C/C=C\C/C=C\CCCCC)COP(=O)(O)OCCN. The molecule has 11 nitrogen and oxygen atoms in total. The average Bonchev–Trinajstić information content (AvgIpc) is 3.21. The first kappa shape index (κ1) is 55.3. The van der Waals surface area contributed by atoms with Crippen molar-refractivity contribution in [1.29, 1.82) is 0 Å². The molecule has 0 spiro atoms. The molecule has 0 bridgehead atoms. The van der Waals surface area contributed by atoms with Gasteiger partial charge in [0.05, 0.1) is 25.4 Å². The van der Waals surface area contributed by atoms with Crippen LogP contribution >= 0.6 is 7.82 Å². The van der Waals surface area contributed by atoms with Crippen LogP contribution in [-0.4, -0.2) is 71.7 Å². The standard InChI is InChI=1S/C47H74NO10P/c1-3-5-7-8-9-10-11-12-13-14-15-16-17-18-19-23-31-37-46(51)55-41-45(42-57-59(53,54)56-40-39-48)58-47(52)38-32-24-21-20-22-28-34-44(50)36-30-26-25-29-35-43(49)33-27-6-4-2/h6,9-10,12-13,15-16,18-19,21-22,24-30,35-36,43-45,49-50H,3-5,7-8,11,14,17,20,23,31-34,37-42,48H2,1-2H3,(H,53,54)/b10-9-,13-12-,16-15-,19-18-,24-21-,26-25-,27-6-,28-22-,35-29+,36-30+/t43-,44+,45+/m0/s1. The number of allylic oxidation sites excluding steroid dienone is 16. The average molecular weight is 844 g/mol. The predicted molar refractivity (Wildman–Crippen MR) is 240 cm³/mol. The number of aliphatic hydroxyl groups is 2. The van der Waals surface area contributed by atoms with E-state index in [9.17, 15) is 29.3 Å². The first-order valence-corrected chi connectivity index (χ1v) is 22.7. The number of carbonyl (C=O) groups excluding carboxylic acids is 2. The highest BCUT2D eigenvalue weighted by Crippen LogP contribution is 2.43. The highest BCUT2D eigenvalue weighted by atomic mass is 31.2. The van der Waals surface area contributed by atoms with Crippen molar-refractivity contribution >= 4 is 19.8 Å². The fourth-order valence-electron chi connectivity index (χ4n) is 4.83. The van der Waals surface area contributed by atoms with Crippen molar-refractivity contribution in [3.05, 3.63) is 122 Å². The van der Waals surface area contributed by atoms with Gasteiger partial charge in [0.15, 0.2) is 6.10 Å². The Morgan fingerprint density at radius 2 is 1.14 bits per heavy atom. The minimum absolute atomic E-state index is 0.00918. The Morgan fingerprint density at radius 1 is 0.610 bits per heavy atom. The Morgan fingerprint density at radius 3 is 1.69 bits per heavy atom. The maximum absolute atomic E-state index is 12.6. The molecular weight excluding hydrogens is 769 g/mol. The highest BCUT2D eigenvalue weighted by molar-refractivity contribution is 7.47. The van der Waals surface area contributed by atoms with Gasteiger partial charge in [-0.1, -0.05) is 148 Å². The first-order chi connectivity index (χ1) is 28.6. The van der Waals surface area contributed by atoms with Crippen LogP contribution in [0.25, 0.3) is 0 Å². The number of nitrogens with two attached hydrogens (primary N) is 1. The summed E-state index contributed by atoms with van der Waals surface area (Å²) in [6, 6.07) is 0. The molecule has 0 amide bonds. The number of unbranched alkanes of at least 4 members (excludes halogenated alkanes) is 4. The van der Waals surface area contributed by atoms with Gasteiger partial charge in [-0.15, -0.1) is 0 Å². The molecule has 59 heavy (non-hydrogen) atoms. The molecule has 0 heterocycles. The molecule has 0 aliphatic heterocycles. The molecular formula is C47H74NO10P. The third kappa shape index (κ3) is 40.9. The zero-order valence-electron chi connectivity index (χ0n) is 35.6. The molecule has 332 valence electrons. The summed E-state index contributed by atoms with van der Waals surface area (Å²) in [6.07, 6.45) is 48.8. The lowest BCUT2D eigenvalue weighted by Crippen LogP contribution is -2.29. The van der Waals surface area contributed by atoms with Crippen molar-refractivity contribution in [2.45, 2.75) is 135 Å². The summed E-state index contributed by atoms with van der Waals surface area (Å²) in [7, 11) is -4.45. The smallest absolute Gasteiger partial charge is 0.462 e. The van der Waals surface area contributed by atoms with Gasteiger partial charge in [0.2, 0.25) is 0 Å². The number of esters is 2. The van der Waals surface area contributed by atoms with Gasteiger partial charge in [-0.05, 0) is 77.0 Å². The summed E-state index contributed by atoms with van der Waals surface area (Å²) in [4.78, 5) is 34.8. The third-order valence-corrected chi connectivity index (χ3v) is 9.00. The van der Waals surface area contributed by atoms with Gasteiger partial charge in [0, 0.05) is 19.4 Å². The van der Waals surface area contributed by atoms with Crippen molar-refractivity contribution in [1.82, 2.24) is 0 Å². The quantitative estimate of drug-likeness (QED) is 0.0154. The normalized spacial score (nSPS) is 15.6. The van der Waals surface area contributed by atoms with Crippen molar-refractivity contribution in [3.63, 3.8) is 0 Å². The second-order valence-electron chi connectivity index (χ2n) is 13.5. The molecule has 1 unspecified atom stereocenters. The Balaban J connectivity index is 4.54. The second kappa shape index (κ2) is 41.1. The van der Waals surface area contributed by atoms with E-state index >= 15 is 0 Å². The fraction of sp³-hybridized carbons (Fsp3) is 0.532. The van der Waals surface area contributed by atoms with Crippen molar-refractivity contribution in [2.24, 2.45) is 5.73 Å². The number of hydrogen-bond donors (Lipinski definition) is 4. The number of rotatable bonds is 37. The van der Waals surface area contributed by atoms with Crippen LogP contribution in [-0.2, 0) is 32.7 Å². The predicted octanol–water partition coefficient (Wildman–Crippen LogP) is 10.1. The topological polar surface area (TPSA) is 175 Å². The minimum Gasteiger partial charge on any atom is -0.462 e. The first-order valence-electron chi connectivity index (χ1n) is 21.2. The van der Waals surface area contributed by atoms with E-state index in [1.165, 1.54) is 19.3 Å². The van der Waals surface area contributed by atoms with E-state index in [0.29, 0.717) is 38.5 Å². The summed E-state index contributed by atoms with van der Waals surface area (Å²) < 4.78 is 32.5. The lowest BCUT2D eigenvalue weighted by atomic mass is 10.2. The van der Waals surface area contributed by atoms with Crippen LogP contribution in [0, 0.1) is 0 Å². The van der Waals surface area contributed by atoms with Crippen molar-refractivity contribution < 1.29 is 47.8 Å². The molecule has 0 aliphatic carbocycles. The van der Waals surface area contributed by atoms with Gasteiger partial charge in [-0.2, -0.15) is 0 Å². The summed E-state index contributed by atoms with van der Waals surface area (Å²) in [6.45, 7) is 3.20. The minimum atomic E-state index is -4.45. The number of hydrogen-bond acceptors (Lipinski definition) is 10. The molecule has 4 atom stereocenters. The van der Waals surface area contributed by atoms with Crippen LogP contribution < -0.4 is 5.73 Å². The number of phosphoric acid groups is 1. The zero-order chi connectivity index (χ0) is 43.5. The van der Waals surface area contributed by atoms with E-state index in [1.807, 2.05) is 49.5 Å².